The van der Waals surface area contributed by atoms with Crippen LogP contribution in [0.2, 0.25) is 0 Å². The zero-order valence-electron chi connectivity index (χ0n) is 20.6. The maximum Gasteiger partial charge on any atom is 0.283 e. The van der Waals surface area contributed by atoms with Crippen molar-refractivity contribution in [1.82, 2.24) is 5.32 Å². The Morgan fingerprint density at radius 2 is 1.83 bits per heavy atom. The number of nitrogens with one attached hydrogen (secondary N) is 1. The second-order valence-electron chi connectivity index (χ2n) is 8.91. The van der Waals surface area contributed by atoms with Gasteiger partial charge in [-0.3, -0.25) is 14.5 Å². The average Bonchev–Trinajstić information content (AvgIpc) is 3.47. The van der Waals surface area contributed by atoms with Crippen LogP contribution in [0.5, 0.6) is 5.75 Å². The van der Waals surface area contributed by atoms with Crippen LogP contribution in [0.15, 0.2) is 59.2 Å². The van der Waals surface area contributed by atoms with Gasteiger partial charge < -0.3 is 10.1 Å². The van der Waals surface area contributed by atoms with Crippen molar-refractivity contribution in [3.8, 4) is 5.75 Å². The predicted octanol–water partition coefficient (Wildman–Crippen LogP) is 5.71. The highest BCUT2D eigenvalue weighted by Crippen LogP contribution is 2.33. The average molecular weight is 492 g/mol. The maximum absolute atomic E-state index is 13.5. The third-order valence-corrected chi connectivity index (χ3v) is 7.55. The number of nitrogens with zero attached hydrogens (tertiary/aromatic N) is 2. The number of hydrogen-bond acceptors (Lipinski definition) is 5. The lowest BCUT2D eigenvalue weighted by Gasteiger charge is -2.22. The first-order chi connectivity index (χ1) is 17.0. The molecule has 0 radical (unpaired) electrons. The zero-order valence-corrected chi connectivity index (χ0v) is 21.4. The van der Waals surface area contributed by atoms with Crippen molar-refractivity contribution in [3.05, 3.63) is 65.4 Å². The minimum absolute atomic E-state index is 0.0159. The number of anilines is 1. The van der Waals surface area contributed by atoms with E-state index in [1.165, 1.54) is 11.8 Å². The van der Waals surface area contributed by atoms with E-state index in [1.54, 1.807) is 11.0 Å². The number of amidine groups is 1. The Balaban J connectivity index is 1.62. The number of carbonyl (C=O) groups is 2. The quantitative estimate of drug-likeness (QED) is 0.480. The minimum Gasteiger partial charge on any atom is -0.494 e. The summed E-state index contributed by atoms with van der Waals surface area (Å²) in [5, 5.41) is 3.39. The van der Waals surface area contributed by atoms with Crippen molar-refractivity contribution in [2.24, 2.45) is 4.99 Å². The SMILES string of the molecule is CCOc1ccc(N2C(=O)C(=Cc3ccc(C)cc3)N=C2SC(CC)C(=O)NC2CCCC2)cc1. The number of thioether (sulfide) groups is 1. The fourth-order valence-electron chi connectivity index (χ4n) is 4.30. The summed E-state index contributed by atoms with van der Waals surface area (Å²) in [7, 11) is 0. The topological polar surface area (TPSA) is 71.0 Å². The van der Waals surface area contributed by atoms with E-state index in [1.807, 2.05) is 69.3 Å². The Kier molecular flexibility index (Phi) is 8.29. The normalized spacial score (nSPS) is 18.1. The molecule has 1 aliphatic heterocycles. The molecule has 2 amide bonds. The molecule has 1 unspecified atom stereocenters. The number of hydrogen-bond donors (Lipinski definition) is 1. The van der Waals surface area contributed by atoms with Crippen molar-refractivity contribution >= 4 is 40.5 Å². The van der Waals surface area contributed by atoms with E-state index in [0.717, 1.165) is 42.6 Å². The van der Waals surface area contributed by atoms with Gasteiger partial charge >= 0.3 is 0 Å². The van der Waals surface area contributed by atoms with E-state index in [-0.39, 0.29) is 23.1 Å². The Hall–Kier alpha value is -3.06. The van der Waals surface area contributed by atoms with Crippen molar-refractivity contribution < 1.29 is 14.3 Å². The molecule has 2 aliphatic rings. The number of aliphatic imine (C=N–C) groups is 1. The molecular weight excluding hydrogens is 458 g/mol. The first-order valence-electron chi connectivity index (χ1n) is 12.4. The van der Waals surface area contributed by atoms with Gasteiger partial charge in [0.15, 0.2) is 5.17 Å². The molecule has 1 atom stereocenters. The smallest absolute Gasteiger partial charge is 0.283 e. The van der Waals surface area contributed by atoms with Crippen LogP contribution in [-0.4, -0.2) is 34.9 Å². The van der Waals surface area contributed by atoms with Gasteiger partial charge in [0.05, 0.1) is 17.5 Å². The number of amides is 2. The van der Waals surface area contributed by atoms with Crippen molar-refractivity contribution in [2.75, 3.05) is 11.5 Å². The molecule has 7 heteroatoms. The van der Waals surface area contributed by atoms with Gasteiger partial charge in [-0.25, -0.2) is 4.99 Å². The summed E-state index contributed by atoms with van der Waals surface area (Å²) in [6.45, 7) is 6.53. The van der Waals surface area contributed by atoms with Crippen LogP contribution in [0.3, 0.4) is 0 Å². The summed E-state index contributed by atoms with van der Waals surface area (Å²) >= 11 is 1.35. The third kappa shape index (κ3) is 6.14. The van der Waals surface area contributed by atoms with Gasteiger partial charge in [-0.05, 0) is 69.0 Å². The minimum atomic E-state index is -0.328. The predicted molar refractivity (Wildman–Crippen MR) is 144 cm³/mol. The largest absolute Gasteiger partial charge is 0.494 e. The van der Waals surface area contributed by atoms with Crippen molar-refractivity contribution in [2.45, 2.75) is 64.2 Å². The summed E-state index contributed by atoms with van der Waals surface area (Å²) in [6.07, 6.45) is 6.84. The van der Waals surface area contributed by atoms with Gasteiger partial charge in [0.1, 0.15) is 11.4 Å². The van der Waals surface area contributed by atoms with E-state index >= 15 is 0 Å². The molecule has 184 valence electrons. The Morgan fingerprint density at radius 1 is 1.14 bits per heavy atom. The van der Waals surface area contributed by atoms with E-state index < -0.39 is 0 Å². The fraction of sp³-hybridized carbons (Fsp3) is 0.393. The van der Waals surface area contributed by atoms with Crippen LogP contribution in [0.4, 0.5) is 5.69 Å². The first kappa shape index (κ1) is 25.0. The van der Waals surface area contributed by atoms with Crippen LogP contribution in [0.1, 0.15) is 57.1 Å². The highest BCUT2D eigenvalue weighted by Gasteiger charge is 2.35. The molecule has 1 fully saturated rings. The van der Waals surface area contributed by atoms with Crippen LogP contribution < -0.4 is 15.0 Å². The third-order valence-electron chi connectivity index (χ3n) is 6.23. The van der Waals surface area contributed by atoms with Crippen molar-refractivity contribution in [3.63, 3.8) is 0 Å². The van der Waals surface area contributed by atoms with Crippen LogP contribution in [0, 0.1) is 6.92 Å². The molecule has 0 spiro atoms. The zero-order chi connectivity index (χ0) is 24.8. The van der Waals surface area contributed by atoms with E-state index in [4.69, 9.17) is 9.73 Å². The number of benzene rings is 2. The Bertz CT molecular complexity index is 1100. The maximum atomic E-state index is 13.5. The lowest BCUT2D eigenvalue weighted by molar-refractivity contribution is -0.121. The monoisotopic (exact) mass is 491 g/mol. The lowest BCUT2D eigenvalue weighted by Crippen LogP contribution is -2.40. The molecule has 1 heterocycles. The molecule has 6 nitrogen and oxygen atoms in total. The summed E-state index contributed by atoms with van der Waals surface area (Å²) in [4.78, 5) is 32.9. The highest BCUT2D eigenvalue weighted by atomic mass is 32.2. The standard InChI is InChI=1S/C28H33N3O3S/c1-4-25(26(32)29-21-8-6-7-9-21)35-28-30-24(18-20-12-10-19(3)11-13-20)27(33)31(28)22-14-16-23(17-15-22)34-5-2/h10-18,21,25H,4-9H2,1-3H3,(H,29,32). The molecular formula is C28H33N3O3S. The Labute approximate surface area is 211 Å². The summed E-state index contributed by atoms with van der Waals surface area (Å²) in [5.41, 5.74) is 3.12. The molecule has 4 rings (SSSR count). The van der Waals surface area contributed by atoms with Crippen molar-refractivity contribution in [1.29, 1.82) is 0 Å². The molecule has 0 aromatic heterocycles. The molecule has 0 saturated heterocycles. The number of aryl methyl sites for hydroxylation is 1. The van der Waals surface area contributed by atoms with Gasteiger partial charge in [0, 0.05) is 6.04 Å². The summed E-state index contributed by atoms with van der Waals surface area (Å²) in [5.74, 6) is 0.553. The lowest BCUT2D eigenvalue weighted by atomic mass is 10.1. The molecule has 0 bridgehead atoms. The second kappa shape index (κ2) is 11.6. The van der Waals surface area contributed by atoms with Crippen LogP contribution in [0.25, 0.3) is 6.08 Å². The molecule has 35 heavy (non-hydrogen) atoms. The highest BCUT2D eigenvalue weighted by molar-refractivity contribution is 8.15. The molecule has 1 aliphatic carbocycles. The Morgan fingerprint density at radius 3 is 2.46 bits per heavy atom. The number of carbonyl (C=O) groups excluding carboxylic acids is 2. The second-order valence-corrected chi connectivity index (χ2v) is 10.1. The molecule has 2 aromatic carbocycles. The van der Waals surface area contributed by atoms with E-state index in [2.05, 4.69) is 5.32 Å². The van der Waals surface area contributed by atoms with Gasteiger partial charge in [-0.15, -0.1) is 0 Å². The van der Waals surface area contributed by atoms with Gasteiger partial charge in [-0.1, -0.05) is 61.4 Å². The fourth-order valence-corrected chi connectivity index (χ4v) is 5.34. The van der Waals surface area contributed by atoms with Gasteiger partial charge in [-0.2, -0.15) is 0 Å². The summed E-state index contributed by atoms with van der Waals surface area (Å²) < 4.78 is 5.56. The molecule has 1 N–H and O–H groups in total. The molecule has 1 saturated carbocycles. The first-order valence-corrected chi connectivity index (χ1v) is 13.3. The number of ether oxygens (including phenoxy) is 1. The van der Waals surface area contributed by atoms with Gasteiger partial charge in [0.2, 0.25) is 5.91 Å². The van der Waals surface area contributed by atoms with E-state index in [0.29, 0.717) is 29.6 Å². The van der Waals surface area contributed by atoms with Crippen LogP contribution in [-0.2, 0) is 9.59 Å². The summed E-state index contributed by atoms with van der Waals surface area (Å²) in [6, 6.07) is 15.6. The van der Waals surface area contributed by atoms with Crippen LogP contribution >= 0.6 is 11.8 Å². The van der Waals surface area contributed by atoms with E-state index in [9.17, 15) is 9.59 Å². The number of rotatable bonds is 8. The van der Waals surface area contributed by atoms with Gasteiger partial charge in [0.25, 0.3) is 5.91 Å². The molecule has 2 aromatic rings.